The van der Waals surface area contributed by atoms with E-state index >= 15 is 0 Å². The number of carbonyl (C=O) groups is 2. The van der Waals surface area contributed by atoms with E-state index in [0.29, 0.717) is 32.4 Å². The van der Waals surface area contributed by atoms with Gasteiger partial charge < -0.3 is 15.2 Å². The van der Waals surface area contributed by atoms with Gasteiger partial charge in [0.25, 0.3) is 0 Å². The van der Waals surface area contributed by atoms with Crippen LogP contribution in [0.5, 0.6) is 5.75 Å². The number of aliphatic carboxylic acids is 1. The molecule has 1 aliphatic carbocycles. The van der Waals surface area contributed by atoms with Crippen LogP contribution in [0.4, 0.5) is 0 Å². The molecule has 5 heteroatoms. The first-order valence-corrected chi connectivity index (χ1v) is 8.26. The summed E-state index contributed by atoms with van der Waals surface area (Å²) in [5, 5.41) is 14.0. The number of amides is 1. The summed E-state index contributed by atoms with van der Waals surface area (Å²) < 4.78 is 5.78. The Kier molecular flexibility index (Phi) is 4.99. The van der Waals surface area contributed by atoms with Crippen molar-refractivity contribution in [1.29, 1.82) is 0 Å². The molecule has 1 amide bonds. The fraction of sp³-hybridized carbons (Fsp3) is 0.368. The van der Waals surface area contributed by atoms with Gasteiger partial charge in [0.05, 0.1) is 12.5 Å². The lowest BCUT2D eigenvalue weighted by atomic mass is 10.0. The van der Waals surface area contributed by atoms with E-state index in [9.17, 15) is 9.59 Å². The summed E-state index contributed by atoms with van der Waals surface area (Å²) in [6.07, 6.45) is 1.66. The topological polar surface area (TPSA) is 75.6 Å². The highest BCUT2D eigenvalue weighted by Crippen LogP contribution is 2.31. The molecule has 1 saturated carbocycles. The monoisotopic (exact) mass is 327 g/mol. The van der Waals surface area contributed by atoms with E-state index in [4.69, 9.17) is 9.84 Å². The van der Waals surface area contributed by atoms with Crippen molar-refractivity contribution in [1.82, 2.24) is 5.32 Å². The third kappa shape index (κ3) is 3.67. The number of nitrogens with one attached hydrogen (secondary N) is 1. The Bertz CT molecular complexity index is 738. The number of ether oxygens (including phenoxy) is 1. The van der Waals surface area contributed by atoms with E-state index in [1.165, 1.54) is 0 Å². The molecule has 0 radical (unpaired) electrons. The maximum Gasteiger partial charge on any atom is 0.306 e. The fourth-order valence-electron chi connectivity index (χ4n) is 3.25. The zero-order valence-electron chi connectivity index (χ0n) is 13.4. The number of fused-ring (bicyclic) bond motifs is 1. The third-order valence-electron chi connectivity index (χ3n) is 4.56. The lowest BCUT2D eigenvalue weighted by Crippen LogP contribution is -2.33. The quantitative estimate of drug-likeness (QED) is 0.800. The highest BCUT2D eigenvalue weighted by molar-refractivity contribution is 5.88. The molecule has 0 saturated heterocycles. The molecule has 2 aromatic rings. The Morgan fingerprint density at radius 1 is 1.08 bits per heavy atom. The van der Waals surface area contributed by atoms with Gasteiger partial charge in [0, 0.05) is 11.3 Å². The van der Waals surface area contributed by atoms with Gasteiger partial charge >= 0.3 is 5.97 Å². The van der Waals surface area contributed by atoms with Gasteiger partial charge in [-0.05, 0) is 30.7 Å². The molecule has 24 heavy (non-hydrogen) atoms. The number of benzene rings is 2. The summed E-state index contributed by atoms with van der Waals surface area (Å²) in [6.45, 7) is 0.797. The highest BCUT2D eigenvalue weighted by Gasteiger charge is 2.33. The van der Waals surface area contributed by atoms with E-state index in [0.717, 1.165) is 16.5 Å². The smallest absolute Gasteiger partial charge is 0.306 e. The number of rotatable bonds is 6. The van der Waals surface area contributed by atoms with Crippen LogP contribution in [0.2, 0.25) is 0 Å². The summed E-state index contributed by atoms with van der Waals surface area (Å²) in [7, 11) is 0. The summed E-state index contributed by atoms with van der Waals surface area (Å²) in [6, 6.07) is 13.9. The van der Waals surface area contributed by atoms with E-state index in [-0.39, 0.29) is 17.7 Å². The minimum atomic E-state index is -0.801. The summed E-state index contributed by atoms with van der Waals surface area (Å²) in [5.74, 6) is -0.643. The average Bonchev–Trinajstić information content (AvgIpc) is 3.09. The van der Waals surface area contributed by atoms with Crippen LogP contribution in [0.1, 0.15) is 19.3 Å². The largest absolute Gasteiger partial charge is 0.491 e. The van der Waals surface area contributed by atoms with E-state index in [1.54, 1.807) is 0 Å². The molecule has 5 nitrogen and oxygen atoms in total. The predicted molar refractivity (Wildman–Crippen MR) is 90.9 cm³/mol. The molecule has 2 aromatic carbocycles. The van der Waals surface area contributed by atoms with Crippen molar-refractivity contribution in [2.45, 2.75) is 19.3 Å². The second kappa shape index (κ2) is 7.34. The van der Waals surface area contributed by atoms with Crippen LogP contribution in [0.25, 0.3) is 10.8 Å². The Labute approximate surface area is 140 Å². The molecular weight excluding hydrogens is 306 g/mol. The number of carbonyl (C=O) groups excluding carboxylic acids is 1. The zero-order chi connectivity index (χ0) is 16.9. The minimum absolute atomic E-state index is 0.0692. The number of carboxylic acids is 1. The van der Waals surface area contributed by atoms with Crippen LogP contribution in [-0.2, 0) is 9.59 Å². The van der Waals surface area contributed by atoms with Crippen molar-refractivity contribution in [3.05, 3.63) is 42.5 Å². The van der Waals surface area contributed by atoms with Gasteiger partial charge in [-0.1, -0.05) is 36.4 Å². The highest BCUT2D eigenvalue weighted by atomic mass is 16.5. The molecule has 0 spiro atoms. The molecular formula is C19H21NO4. The van der Waals surface area contributed by atoms with Crippen molar-refractivity contribution < 1.29 is 19.4 Å². The molecule has 0 unspecified atom stereocenters. The second-order valence-electron chi connectivity index (χ2n) is 6.16. The predicted octanol–water partition coefficient (Wildman–Crippen LogP) is 2.84. The SMILES string of the molecule is O=C(O)[C@@H]1CC[C@H](C(=O)NCCOc2cccc3ccccc23)C1. The first kappa shape index (κ1) is 16.3. The first-order valence-electron chi connectivity index (χ1n) is 8.26. The normalized spacial score (nSPS) is 20.0. The Balaban J connectivity index is 1.47. The second-order valence-corrected chi connectivity index (χ2v) is 6.16. The average molecular weight is 327 g/mol. The van der Waals surface area contributed by atoms with Crippen LogP contribution in [0.15, 0.2) is 42.5 Å². The van der Waals surface area contributed by atoms with E-state index in [1.807, 2.05) is 42.5 Å². The van der Waals surface area contributed by atoms with Gasteiger partial charge in [-0.15, -0.1) is 0 Å². The molecule has 1 aliphatic rings. The van der Waals surface area contributed by atoms with Gasteiger partial charge in [-0.25, -0.2) is 0 Å². The molecule has 0 bridgehead atoms. The summed E-state index contributed by atoms with van der Waals surface area (Å²) >= 11 is 0. The van der Waals surface area contributed by atoms with Gasteiger partial charge in [-0.2, -0.15) is 0 Å². The Hall–Kier alpha value is -2.56. The van der Waals surface area contributed by atoms with Crippen LogP contribution < -0.4 is 10.1 Å². The summed E-state index contributed by atoms with van der Waals surface area (Å²) in [4.78, 5) is 23.0. The van der Waals surface area contributed by atoms with Gasteiger partial charge in [0.1, 0.15) is 12.4 Å². The molecule has 2 atom stereocenters. The molecule has 0 aliphatic heterocycles. The van der Waals surface area contributed by atoms with Crippen LogP contribution >= 0.6 is 0 Å². The zero-order valence-corrected chi connectivity index (χ0v) is 13.4. The number of hydrogen-bond acceptors (Lipinski definition) is 3. The molecule has 2 N–H and O–H groups in total. The minimum Gasteiger partial charge on any atom is -0.491 e. The van der Waals surface area contributed by atoms with Crippen molar-refractivity contribution in [2.24, 2.45) is 11.8 Å². The maximum absolute atomic E-state index is 12.1. The summed E-state index contributed by atoms with van der Waals surface area (Å²) in [5.41, 5.74) is 0. The van der Waals surface area contributed by atoms with Crippen molar-refractivity contribution in [2.75, 3.05) is 13.2 Å². The first-order chi connectivity index (χ1) is 11.6. The van der Waals surface area contributed by atoms with Crippen molar-refractivity contribution in [3.8, 4) is 5.75 Å². The van der Waals surface area contributed by atoms with Gasteiger partial charge in [-0.3, -0.25) is 9.59 Å². The molecule has 126 valence electrons. The van der Waals surface area contributed by atoms with E-state index < -0.39 is 5.97 Å². The molecule has 0 aromatic heterocycles. The van der Waals surface area contributed by atoms with Crippen LogP contribution in [0, 0.1) is 11.8 Å². The van der Waals surface area contributed by atoms with E-state index in [2.05, 4.69) is 5.32 Å². The van der Waals surface area contributed by atoms with Gasteiger partial charge in [0.15, 0.2) is 0 Å². The maximum atomic E-state index is 12.1. The molecule has 3 rings (SSSR count). The number of carboxylic acid groups (broad SMARTS) is 1. The van der Waals surface area contributed by atoms with Gasteiger partial charge in [0.2, 0.25) is 5.91 Å². The van der Waals surface area contributed by atoms with Crippen molar-refractivity contribution in [3.63, 3.8) is 0 Å². The van der Waals surface area contributed by atoms with Crippen molar-refractivity contribution >= 4 is 22.6 Å². The standard InChI is InChI=1S/C19H21NO4/c21-18(14-8-9-15(12-14)19(22)23)20-10-11-24-17-7-3-5-13-4-1-2-6-16(13)17/h1-7,14-15H,8-12H2,(H,20,21)(H,22,23)/t14-,15+/m0/s1. The third-order valence-corrected chi connectivity index (χ3v) is 4.56. The Morgan fingerprint density at radius 3 is 2.62 bits per heavy atom. The lowest BCUT2D eigenvalue weighted by molar-refractivity contribution is -0.141. The Morgan fingerprint density at radius 2 is 1.83 bits per heavy atom. The molecule has 1 fully saturated rings. The van der Waals surface area contributed by atoms with Crippen LogP contribution in [-0.4, -0.2) is 30.1 Å². The fourth-order valence-corrected chi connectivity index (χ4v) is 3.25. The molecule has 0 heterocycles. The number of hydrogen-bond donors (Lipinski definition) is 2. The van der Waals surface area contributed by atoms with Crippen LogP contribution in [0.3, 0.4) is 0 Å². The lowest BCUT2D eigenvalue weighted by Gasteiger charge is -2.12.